The predicted molar refractivity (Wildman–Crippen MR) is 58.6 cm³/mol. The Morgan fingerprint density at radius 3 is 2.60 bits per heavy atom. The zero-order chi connectivity index (χ0) is 11.6. The van der Waals surface area contributed by atoms with Gasteiger partial charge in [0.1, 0.15) is 5.76 Å². The lowest BCUT2D eigenvalue weighted by molar-refractivity contribution is 0.0902. The van der Waals surface area contributed by atoms with Crippen LogP contribution < -0.4 is 11.1 Å². The van der Waals surface area contributed by atoms with Crippen LogP contribution >= 0.6 is 0 Å². The van der Waals surface area contributed by atoms with Gasteiger partial charge in [-0.2, -0.15) is 0 Å². The summed E-state index contributed by atoms with van der Waals surface area (Å²) in [6.07, 6.45) is 1.50. The largest absolute Gasteiger partial charge is 0.469 e. The number of carbonyl (C=O) groups excluding carboxylic acids is 1. The van der Waals surface area contributed by atoms with E-state index in [2.05, 4.69) is 5.32 Å². The van der Waals surface area contributed by atoms with Crippen molar-refractivity contribution in [3.8, 4) is 0 Å². The van der Waals surface area contributed by atoms with Gasteiger partial charge in [-0.05, 0) is 33.8 Å². The number of hydrogen-bond donors (Lipinski definition) is 2. The van der Waals surface area contributed by atoms with Gasteiger partial charge < -0.3 is 15.5 Å². The molecule has 0 aliphatic carbocycles. The number of amides is 1. The highest BCUT2D eigenvalue weighted by atomic mass is 16.3. The molecular weight excluding hydrogens is 192 g/mol. The number of rotatable bonds is 3. The van der Waals surface area contributed by atoms with Crippen LogP contribution in [0.3, 0.4) is 0 Å². The second kappa shape index (κ2) is 4.06. The molecule has 3 N–H and O–H groups in total. The fourth-order valence-electron chi connectivity index (χ4n) is 1.09. The van der Waals surface area contributed by atoms with Crippen molar-refractivity contribution in [2.75, 3.05) is 0 Å². The summed E-state index contributed by atoms with van der Waals surface area (Å²) in [5, 5.41) is 2.88. The lowest BCUT2D eigenvalue weighted by Gasteiger charge is -2.30. The van der Waals surface area contributed by atoms with Crippen LogP contribution in [-0.4, -0.2) is 17.5 Å². The van der Waals surface area contributed by atoms with E-state index in [1.165, 1.54) is 6.26 Å². The molecule has 0 saturated carbocycles. The van der Waals surface area contributed by atoms with Crippen molar-refractivity contribution >= 4 is 5.91 Å². The van der Waals surface area contributed by atoms with E-state index in [9.17, 15) is 4.79 Å². The monoisotopic (exact) mass is 210 g/mol. The minimum absolute atomic E-state index is 0.117. The third kappa shape index (κ3) is 2.59. The number of aryl methyl sites for hydroxylation is 1. The molecule has 0 saturated heterocycles. The zero-order valence-corrected chi connectivity index (χ0v) is 9.63. The van der Waals surface area contributed by atoms with Gasteiger partial charge in [-0.3, -0.25) is 4.79 Å². The maximum Gasteiger partial charge on any atom is 0.255 e. The highest BCUT2D eigenvalue weighted by molar-refractivity contribution is 5.95. The molecule has 1 aromatic heterocycles. The van der Waals surface area contributed by atoms with Crippen molar-refractivity contribution in [2.45, 2.75) is 39.3 Å². The molecule has 0 bridgehead atoms. The Morgan fingerprint density at radius 2 is 2.20 bits per heavy atom. The van der Waals surface area contributed by atoms with E-state index in [0.29, 0.717) is 11.3 Å². The lowest BCUT2D eigenvalue weighted by Crippen LogP contribution is -2.54. The van der Waals surface area contributed by atoms with E-state index in [-0.39, 0.29) is 11.9 Å². The third-order valence-electron chi connectivity index (χ3n) is 2.68. The van der Waals surface area contributed by atoms with Gasteiger partial charge in [0.2, 0.25) is 0 Å². The van der Waals surface area contributed by atoms with E-state index in [1.807, 2.05) is 20.8 Å². The molecular formula is C11H18N2O2. The van der Waals surface area contributed by atoms with Crippen molar-refractivity contribution in [3.63, 3.8) is 0 Å². The van der Waals surface area contributed by atoms with Gasteiger partial charge in [0.05, 0.1) is 11.8 Å². The second-order valence-corrected chi connectivity index (χ2v) is 4.35. The topological polar surface area (TPSA) is 68.3 Å². The van der Waals surface area contributed by atoms with Crippen LogP contribution in [0.25, 0.3) is 0 Å². The predicted octanol–water partition coefficient (Wildman–Crippen LogP) is 1.44. The van der Waals surface area contributed by atoms with Crippen molar-refractivity contribution in [1.29, 1.82) is 0 Å². The van der Waals surface area contributed by atoms with Gasteiger partial charge in [0, 0.05) is 11.6 Å². The molecule has 0 aliphatic heterocycles. The molecule has 0 radical (unpaired) electrons. The fourth-order valence-corrected chi connectivity index (χ4v) is 1.09. The second-order valence-electron chi connectivity index (χ2n) is 4.35. The fraction of sp³-hybridized carbons (Fsp3) is 0.545. The molecule has 1 atom stereocenters. The Hall–Kier alpha value is -1.29. The van der Waals surface area contributed by atoms with Crippen molar-refractivity contribution in [2.24, 2.45) is 5.73 Å². The summed E-state index contributed by atoms with van der Waals surface area (Å²) in [7, 11) is 0. The standard InChI is InChI=1S/C11H18N2O2/c1-7-9(5-6-15-7)10(14)13-11(3,4)8(2)12/h5-6,8H,12H2,1-4H3,(H,13,14). The molecule has 0 aliphatic rings. The summed E-state index contributed by atoms with van der Waals surface area (Å²) in [5.74, 6) is 0.469. The van der Waals surface area contributed by atoms with Crippen LogP contribution in [0.15, 0.2) is 16.7 Å². The first-order valence-corrected chi connectivity index (χ1v) is 4.97. The first-order chi connectivity index (χ1) is 6.84. The molecule has 1 unspecified atom stereocenters. The van der Waals surface area contributed by atoms with Crippen LogP contribution in [0.4, 0.5) is 0 Å². The van der Waals surface area contributed by atoms with Crippen LogP contribution in [0.1, 0.15) is 36.9 Å². The van der Waals surface area contributed by atoms with E-state index >= 15 is 0 Å². The Morgan fingerprint density at radius 1 is 1.60 bits per heavy atom. The summed E-state index contributed by atoms with van der Waals surface area (Å²) < 4.78 is 5.07. The Balaban J connectivity index is 2.77. The molecule has 0 aromatic carbocycles. The van der Waals surface area contributed by atoms with Crippen LogP contribution in [-0.2, 0) is 0 Å². The molecule has 1 aromatic rings. The van der Waals surface area contributed by atoms with E-state index < -0.39 is 5.54 Å². The zero-order valence-electron chi connectivity index (χ0n) is 9.63. The first-order valence-electron chi connectivity index (χ1n) is 4.97. The molecule has 4 nitrogen and oxygen atoms in total. The summed E-state index contributed by atoms with van der Waals surface area (Å²) in [6, 6.07) is 1.54. The number of carbonyl (C=O) groups is 1. The number of furan rings is 1. The highest BCUT2D eigenvalue weighted by Crippen LogP contribution is 2.12. The number of hydrogen-bond acceptors (Lipinski definition) is 3. The number of nitrogens with one attached hydrogen (secondary N) is 1. The average molecular weight is 210 g/mol. The average Bonchev–Trinajstić information content (AvgIpc) is 2.50. The maximum atomic E-state index is 11.8. The molecule has 0 fully saturated rings. The lowest BCUT2D eigenvalue weighted by atomic mass is 9.96. The maximum absolute atomic E-state index is 11.8. The van der Waals surface area contributed by atoms with Gasteiger partial charge >= 0.3 is 0 Å². The van der Waals surface area contributed by atoms with E-state index in [1.54, 1.807) is 13.0 Å². The Bertz CT molecular complexity index is 353. The quantitative estimate of drug-likeness (QED) is 0.793. The summed E-state index contributed by atoms with van der Waals surface area (Å²) in [6.45, 7) is 7.41. The van der Waals surface area contributed by atoms with Crippen LogP contribution in [0.2, 0.25) is 0 Å². The van der Waals surface area contributed by atoms with Gasteiger partial charge in [-0.1, -0.05) is 0 Å². The molecule has 4 heteroatoms. The normalized spacial score (nSPS) is 13.7. The van der Waals surface area contributed by atoms with E-state index in [4.69, 9.17) is 10.2 Å². The minimum atomic E-state index is -0.430. The molecule has 1 amide bonds. The molecule has 1 rings (SSSR count). The number of nitrogens with two attached hydrogens (primary N) is 1. The van der Waals surface area contributed by atoms with Crippen molar-refractivity contribution < 1.29 is 9.21 Å². The summed E-state index contributed by atoms with van der Waals surface area (Å²) >= 11 is 0. The first kappa shape index (κ1) is 11.8. The SMILES string of the molecule is Cc1occc1C(=O)NC(C)(C)C(C)N. The van der Waals surface area contributed by atoms with Crippen molar-refractivity contribution in [1.82, 2.24) is 5.32 Å². The van der Waals surface area contributed by atoms with Crippen molar-refractivity contribution in [3.05, 3.63) is 23.7 Å². The molecule has 1 heterocycles. The third-order valence-corrected chi connectivity index (χ3v) is 2.68. The molecule has 15 heavy (non-hydrogen) atoms. The summed E-state index contributed by atoms with van der Waals surface area (Å²) in [5.41, 5.74) is 5.90. The van der Waals surface area contributed by atoms with Gasteiger partial charge in [-0.15, -0.1) is 0 Å². The van der Waals surface area contributed by atoms with Gasteiger partial charge in [0.25, 0.3) is 5.91 Å². The Labute approximate surface area is 89.8 Å². The van der Waals surface area contributed by atoms with Gasteiger partial charge in [0.15, 0.2) is 0 Å². The highest BCUT2D eigenvalue weighted by Gasteiger charge is 2.26. The Kier molecular flexibility index (Phi) is 3.19. The summed E-state index contributed by atoms with van der Waals surface area (Å²) in [4.78, 5) is 11.8. The van der Waals surface area contributed by atoms with Crippen LogP contribution in [0.5, 0.6) is 0 Å². The van der Waals surface area contributed by atoms with E-state index in [0.717, 1.165) is 0 Å². The van der Waals surface area contributed by atoms with Gasteiger partial charge in [-0.25, -0.2) is 0 Å². The smallest absolute Gasteiger partial charge is 0.255 e. The minimum Gasteiger partial charge on any atom is -0.469 e. The van der Waals surface area contributed by atoms with Crippen LogP contribution in [0, 0.1) is 6.92 Å². The molecule has 0 spiro atoms. The molecule has 84 valence electrons.